The number of halogens is 1. The summed E-state index contributed by atoms with van der Waals surface area (Å²) in [5.74, 6) is -0.103. The first-order chi connectivity index (χ1) is 8.82. The van der Waals surface area contributed by atoms with Crippen LogP contribution in [0.5, 0.6) is 0 Å². The van der Waals surface area contributed by atoms with E-state index in [0.717, 1.165) is 5.56 Å². The van der Waals surface area contributed by atoms with Gasteiger partial charge in [-0.15, -0.1) is 0 Å². The molecule has 2 rings (SSSR count). The Morgan fingerprint density at radius 3 is 2.68 bits per heavy atom. The first-order valence-corrected chi connectivity index (χ1v) is 6.56. The third kappa shape index (κ3) is 2.59. The summed E-state index contributed by atoms with van der Waals surface area (Å²) < 4.78 is 0. The van der Waals surface area contributed by atoms with E-state index in [1.165, 1.54) is 0 Å². The van der Waals surface area contributed by atoms with E-state index >= 15 is 0 Å². The van der Waals surface area contributed by atoms with Crippen molar-refractivity contribution in [1.29, 1.82) is 0 Å². The van der Waals surface area contributed by atoms with Crippen molar-refractivity contribution in [2.24, 2.45) is 10.6 Å². The predicted molar refractivity (Wildman–Crippen MR) is 76.6 cm³/mol. The van der Waals surface area contributed by atoms with E-state index in [-0.39, 0.29) is 12.0 Å². The van der Waals surface area contributed by atoms with E-state index in [1.54, 1.807) is 18.2 Å². The number of benzene rings is 1. The fourth-order valence-corrected chi connectivity index (χ4v) is 2.04. The van der Waals surface area contributed by atoms with Gasteiger partial charge in [-0.2, -0.15) is 0 Å². The Bertz CT molecular complexity index is 550. The predicted octanol–water partition coefficient (Wildman–Crippen LogP) is 3.45. The fraction of sp³-hybridized carbons (Fsp3) is 0.429. The summed E-state index contributed by atoms with van der Waals surface area (Å²) in [5, 5.41) is 7.63. The minimum absolute atomic E-state index is 0.0454. The Labute approximate surface area is 117 Å². The zero-order valence-corrected chi connectivity index (χ0v) is 12.2. The zero-order valence-electron chi connectivity index (χ0n) is 11.5. The maximum atomic E-state index is 12.1. The van der Waals surface area contributed by atoms with Gasteiger partial charge < -0.3 is 10.2 Å². The highest BCUT2D eigenvalue weighted by Gasteiger charge is 2.40. The van der Waals surface area contributed by atoms with Gasteiger partial charge in [-0.25, -0.2) is 0 Å². The molecule has 1 aromatic carbocycles. The maximum Gasteiger partial charge on any atom is 0.236 e. The summed E-state index contributed by atoms with van der Waals surface area (Å²) >= 11 is 6.03. The Morgan fingerprint density at radius 1 is 1.37 bits per heavy atom. The molecule has 0 aliphatic carbocycles. The fourth-order valence-electron chi connectivity index (χ4n) is 1.87. The molecule has 0 saturated carbocycles. The first kappa shape index (κ1) is 13.9. The van der Waals surface area contributed by atoms with Gasteiger partial charge in [0, 0.05) is 10.6 Å². The van der Waals surface area contributed by atoms with Gasteiger partial charge in [-0.1, -0.05) is 16.8 Å². The van der Waals surface area contributed by atoms with Crippen molar-refractivity contribution in [2.75, 3.05) is 5.32 Å². The standard InChI is InChI=1S/C14H17ClN2O2/c1-8(2)19-17-12-10-7-9(15)5-6-11(10)16-13(18)14(12,3)4/h5-8H,1-4H3,(H,16,18). The summed E-state index contributed by atoms with van der Waals surface area (Å²) in [5.41, 5.74) is 1.35. The average molecular weight is 281 g/mol. The lowest BCUT2D eigenvalue weighted by atomic mass is 9.79. The average Bonchev–Trinajstić information content (AvgIpc) is 2.30. The molecule has 0 atom stereocenters. The van der Waals surface area contributed by atoms with E-state index in [1.807, 2.05) is 27.7 Å². The number of nitrogens with zero attached hydrogens (tertiary/aromatic N) is 1. The van der Waals surface area contributed by atoms with Crippen molar-refractivity contribution in [1.82, 2.24) is 0 Å². The van der Waals surface area contributed by atoms with Crippen molar-refractivity contribution in [3.8, 4) is 0 Å². The van der Waals surface area contributed by atoms with Crippen LogP contribution in [0.4, 0.5) is 5.69 Å². The minimum Gasteiger partial charge on any atom is -0.393 e. The van der Waals surface area contributed by atoms with E-state index in [4.69, 9.17) is 16.4 Å². The van der Waals surface area contributed by atoms with Gasteiger partial charge in [0.1, 0.15) is 11.8 Å². The maximum absolute atomic E-state index is 12.1. The smallest absolute Gasteiger partial charge is 0.236 e. The molecular formula is C14H17ClN2O2. The summed E-state index contributed by atoms with van der Waals surface area (Å²) in [6.07, 6.45) is -0.0454. The van der Waals surface area contributed by atoms with Gasteiger partial charge in [0.05, 0.1) is 11.1 Å². The van der Waals surface area contributed by atoms with Crippen molar-refractivity contribution in [2.45, 2.75) is 33.8 Å². The molecule has 0 saturated heterocycles. The van der Waals surface area contributed by atoms with Gasteiger partial charge in [0.15, 0.2) is 0 Å². The van der Waals surface area contributed by atoms with Crippen LogP contribution in [0, 0.1) is 5.41 Å². The Balaban J connectivity index is 2.56. The van der Waals surface area contributed by atoms with Crippen LogP contribution in [-0.4, -0.2) is 17.7 Å². The molecule has 0 radical (unpaired) electrons. The molecule has 0 fully saturated rings. The van der Waals surface area contributed by atoms with E-state index in [2.05, 4.69) is 10.5 Å². The highest BCUT2D eigenvalue weighted by atomic mass is 35.5. The second-order valence-corrected chi connectivity index (χ2v) is 5.80. The molecule has 1 heterocycles. The second-order valence-electron chi connectivity index (χ2n) is 5.36. The van der Waals surface area contributed by atoms with Crippen molar-refractivity contribution in [3.05, 3.63) is 28.8 Å². The minimum atomic E-state index is -0.757. The summed E-state index contributed by atoms with van der Waals surface area (Å²) in [6, 6.07) is 5.30. The lowest BCUT2D eigenvalue weighted by molar-refractivity contribution is -0.121. The van der Waals surface area contributed by atoms with E-state index < -0.39 is 5.41 Å². The Hall–Kier alpha value is -1.55. The van der Waals surface area contributed by atoms with E-state index in [0.29, 0.717) is 16.4 Å². The lowest BCUT2D eigenvalue weighted by Gasteiger charge is -2.31. The number of carbonyl (C=O) groups is 1. The SMILES string of the molecule is CC(C)ON=C1c2cc(Cl)ccc2NC(=O)C1(C)C. The highest BCUT2D eigenvalue weighted by molar-refractivity contribution is 6.32. The zero-order chi connectivity index (χ0) is 14.2. The quantitative estimate of drug-likeness (QED) is 0.844. The molecule has 19 heavy (non-hydrogen) atoms. The molecular weight excluding hydrogens is 264 g/mol. The van der Waals surface area contributed by atoms with Crippen LogP contribution < -0.4 is 5.32 Å². The van der Waals surface area contributed by atoms with Crippen LogP contribution >= 0.6 is 11.6 Å². The van der Waals surface area contributed by atoms with Crippen LogP contribution in [0.2, 0.25) is 5.02 Å². The molecule has 1 aromatic rings. The van der Waals surface area contributed by atoms with E-state index in [9.17, 15) is 4.79 Å². The molecule has 0 unspecified atom stereocenters. The number of hydrogen-bond donors (Lipinski definition) is 1. The molecule has 4 nitrogen and oxygen atoms in total. The summed E-state index contributed by atoms with van der Waals surface area (Å²) in [4.78, 5) is 17.5. The Morgan fingerprint density at radius 2 is 2.05 bits per heavy atom. The summed E-state index contributed by atoms with van der Waals surface area (Å²) in [7, 11) is 0. The number of amides is 1. The topological polar surface area (TPSA) is 50.7 Å². The first-order valence-electron chi connectivity index (χ1n) is 6.18. The van der Waals surface area contributed by atoms with Gasteiger partial charge in [0.25, 0.3) is 0 Å². The van der Waals surface area contributed by atoms with Gasteiger partial charge in [-0.05, 0) is 45.9 Å². The number of hydrogen-bond acceptors (Lipinski definition) is 3. The summed E-state index contributed by atoms with van der Waals surface area (Å²) in [6.45, 7) is 7.40. The number of nitrogens with one attached hydrogen (secondary N) is 1. The second kappa shape index (κ2) is 4.85. The third-order valence-electron chi connectivity index (χ3n) is 3.00. The van der Waals surface area contributed by atoms with Crippen molar-refractivity contribution < 1.29 is 9.63 Å². The molecule has 102 valence electrons. The molecule has 1 aliphatic heterocycles. The van der Waals surface area contributed by atoms with Crippen LogP contribution in [0.25, 0.3) is 0 Å². The number of anilines is 1. The molecule has 1 amide bonds. The van der Waals surface area contributed by atoms with Crippen molar-refractivity contribution >= 4 is 28.9 Å². The highest BCUT2D eigenvalue weighted by Crippen LogP contribution is 2.35. The number of oxime groups is 1. The lowest BCUT2D eigenvalue weighted by Crippen LogP contribution is -2.43. The van der Waals surface area contributed by atoms with Gasteiger partial charge in [-0.3, -0.25) is 4.79 Å². The monoisotopic (exact) mass is 280 g/mol. The normalized spacial score (nSPS) is 19.3. The number of rotatable bonds is 2. The number of carbonyl (C=O) groups excluding carboxylic acids is 1. The molecule has 0 bridgehead atoms. The molecule has 0 aromatic heterocycles. The van der Waals surface area contributed by atoms with Crippen LogP contribution in [-0.2, 0) is 9.63 Å². The number of fused-ring (bicyclic) bond motifs is 1. The molecule has 5 heteroatoms. The third-order valence-corrected chi connectivity index (χ3v) is 3.23. The molecule has 1 aliphatic rings. The molecule has 1 N–H and O–H groups in total. The largest absolute Gasteiger partial charge is 0.393 e. The molecule has 0 spiro atoms. The van der Waals surface area contributed by atoms with Crippen LogP contribution in [0.15, 0.2) is 23.4 Å². The van der Waals surface area contributed by atoms with Crippen molar-refractivity contribution in [3.63, 3.8) is 0 Å². The van der Waals surface area contributed by atoms with Gasteiger partial charge >= 0.3 is 0 Å². The van der Waals surface area contributed by atoms with Crippen LogP contribution in [0.1, 0.15) is 33.3 Å². The Kier molecular flexibility index (Phi) is 3.54. The van der Waals surface area contributed by atoms with Gasteiger partial charge in [0.2, 0.25) is 5.91 Å². The van der Waals surface area contributed by atoms with Crippen LogP contribution in [0.3, 0.4) is 0 Å².